The van der Waals surface area contributed by atoms with Crippen LogP contribution in [0.3, 0.4) is 0 Å². The Morgan fingerprint density at radius 1 is 1.58 bits per heavy atom. The zero-order valence-electron chi connectivity index (χ0n) is 7.30. The molecule has 68 valence electrons. The van der Waals surface area contributed by atoms with Gasteiger partial charge in [0.25, 0.3) is 0 Å². The average Bonchev–Trinajstić information content (AvgIpc) is 2.51. The Labute approximate surface area is 89.7 Å². The van der Waals surface area contributed by atoms with E-state index in [1.54, 1.807) is 18.4 Å². The fourth-order valence-electron chi connectivity index (χ4n) is 0.802. The molecule has 1 unspecified atom stereocenters. The monoisotopic (exact) mass is 298 g/mol. The maximum Gasteiger partial charge on any atom is 0.178 e. The van der Waals surface area contributed by atoms with Gasteiger partial charge in [0.1, 0.15) is 10.6 Å². The van der Waals surface area contributed by atoms with Gasteiger partial charge in [-0.3, -0.25) is 0 Å². The molecule has 0 amide bonds. The van der Waals surface area contributed by atoms with Crippen LogP contribution in [-0.2, 0) is 10.3 Å². The second kappa shape index (κ2) is 3.97. The predicted octanol–water partition coefficient (Wildman–Crippen LogP) is 2.41. The highest BCUT2D eigenvalue weighted by molar-refractivity contribution is 14.1. The van der Waals surface area contributed by atoms with E-state index >= 15 is 0 Å². The van der Waals surface area contributed by atoms with E-state index in [0.717, 1.165) is 14.4 Å². The minimum Gasteiger partial charge on any atom is -0.371 e. The van der Waals surface area contributed by atoms with Crippen LogP contribution < -0.4 is 0 Å². The van der Waals surface area contributed by atoms with E-state index in [1.165, 1.54) is 0 Å². The number of ether oxygens (including phenoxy) is 1. The van der Waals surface area contributed by atoms with Crippen molar-refractivity contribution in [1.82, 2.24) is 10.2 Å². The van der Waals surface area contributed by atoms with Crippen molar-refractivity contribution >= 4 is 33.9 Å². The van der Waals surface area contributed by atoms with E-state index in [4.69, 9.17) is 4.74 Å². The van der Waals surface area contributed by atoms with Crippen LogP contribution in [-0.4, -0.2) is 17.3 Å². The highest BCUT2D eigenvalue weighted by atomic mass is 127. The van der Waals surface area contributed by atoms with Crippen molar-refractivity contribution in [3.05, 3.63) is 8.02 Å². The molecule has 12 heavy (non-hydrogen) atoms. The van der Waals surface area contributed by atoms with E-state index in [2.05, 4.69) is 39.7 Å². The number of nitrogens with zero attached hydrogens (tertiary/aromatic N) is 2. The summed E-state index contributed by atoms with van der Waals surface area (Å²) in [5.74, 6) is 0. The van der Waals surface area contributed by atoms with Crippen molar-refractivity contribution < 1.29 is 4.74 Å². The summed E-state index contributed by atoms with van der Waals surface area (Å²) in [4.78, 5) is 0. The van der Waals surface area contributed by atoms with Crippen molar-refractivity contribution in [2.24, 2.45) is 0 Å². The molecule has 0 aliphatic heterocycles. The average molecular weight is 298 g/mol. The Morgan fingerprint density at radius 2 is 2.25 bits per heavy atom. The summed E-state index contributed by atoms with van der Waals surface area (Å²) in [6.07, 6.45) is 0.911. The first-order chi connectivity index (χ1) is 5.62. The van der Waals surface area contributed by atoms with E-state index in [-0.39, 0.29) is 5.60 Å². The number of aromatic nitrogens is 2. The van der Waals surface area contributed by atoms with Crippen LogP contribution in [0.15, 0.2) is 0 Å². The van der Waals surface area contributed by atoms with Gasteiger partial charge in [0, 0.05) is 7.11 Å². The Kier molecular flexibility index (Phi) is 3.42. The molecule has 0 saturated heterocycles. The summed E-state index contributed by atoms with van der Waals surface area (Å²) >= 11 is 3.75. The van der Waals surface area contributed by atoms with Gasteiger partial charge in [-0.25, -0.2) is 0 Å². The zero-order chi connectivity index (χ0) is 9.19. The fraction of sp³-hybridized carbons (Fsp3) is 0.714. The molecule has 5 heteroatoms. The molecule has 1 rings (SSSR count). The van der Waals surface area contributed by atoms with Gasteiger partial charge in [-0.1, -0.05) is 18.3 Å². The Morgan fingerprint density at radius 3 is 2.58 bits per heavy atom. The second-order valence-electron chi connectivity index (χ2n) is 2.65. The largest absolute Gasteiger partial charge is 0.371 e. The number of halogens is 1. The molecule has 0 bridgehead atoms. The lowest BCUT2D eigenvalue weighted by molar-refractivity contribution is -0.00207. The summed E-state index contributed by atoms with van der Waals surface area (Å²) in [5, 5.41) is 8.97. The maximum atomic E-state index is 5.39. The maximum absolute atomic E-state index is 5.39. The van der Waals surface area contributed by atoms with Crippen LogP contribution in [0.1, 0.15) is 25.3 Å². The number of hydrogen-bond donors (Lipinski definition) is 0. The van der Waals surface area contributed by atoms with Crippen LogP contribution in [0.5, 0.6) is 0 Å². The third-order valence-electron chi connectivity index (χ3n) is 1.98. The van der Waals surface area contributed by atoms with Crippen LogP contribution >= 0.6 is 33.9 Å². The Hall–Kier alpha value is 0.250. The first kappa shape index (κ1) is 10.3. The van der Waals surface area contributed by atoms with Gasteiger partial charge in [-0.05, 0) is 35.9 Å². The molecule has 0 saturated carbocycles. The van der Waals surface area contributed by atoms with E-state index in [9.17, 15) is 0 Å². The number of rotatable bonds is 3. The smallest absolute Gasteiger partial charge is 0.178 e. The van der Waals surface area contributed by atoms with Gasteiger partial charge in [0.05, 0.1) is 0 Å². The van der Waals surface area contributed by atoms with Crippen molar-refractivity contribution in [3.8, 4) is 0 Å². The summed E-state index contributed by atoms with van der Waals surface area (Å²) in [5.41, 5.74) is -0.263. The van der Waals surface area contributed by atoms with Crippen molar-refractivity contribution in [1.29, 1.82) is 0 Å². The Bertz CT molecular complexity index is 260. The highest BCUT2D eigenvalue weighted by Crippen LogP contribution is 2.30. The van der Waals surface area contributed by atoms with Crippen LogP contribution in [0, 0.1) is 3.01 Å². The van der Waals surface area contributed by atoms with Crippen molar-refractivity contribution in [3.63, 3.8) is 0 Å². The molecule has 1 aromatic rings. The van der Waals surface area contributed by atoms with Crippen LogP contribution in [0.25, 0.3) is 0 Å². The van der Waals surface area contributed by atoms with E-state index < -0.39 is 0 Å². The molecule has 0 N–H and O–H groups in total. The number of hydrogen-bond acceptors (Lipinski definition) is 4. The molecule has 0 spiro atoms. The standard InChI is InChI=1S/C7H11IN2OS/c1-4-7(2,11-3)5-9-10-6(8)12-5/h4H2,1-3H3. The van der Waals surface area contributed by atoms with Crippen LogP contribution in [0.4, 0.5) is 0 Å². The predicted molar refractivity (Wildman–Crippen MR) is 57.3 cm³/mol. The summed E-state index contributed by atoms with van der Waals surface area (Å²) < 4.78 is 6.35. The van der Waals surface area contributed by atoms with Gasteiger partial charge in [0.2, 0.25) is 0 Å². The fourth-order valence-corrected chi connectivity index (χ4v) is 2.30. The molecule has 0 aromatic carbocycles. The first-order valence-corrected chi connectivity index (χ1v) is 5.56. The van der Waals surface area contributed by atoms with Gasteiger partial charge < -0.3 is 4.74 Å². The molecule has 1 heterocycles. The van der Waals surface area contributed by atoms with Gasteiger partial charge in [-0.2, -0.15) is 0 Å². The third-order valence-corrected chi connectivity index (χ3v) is 3.81. The quantitative estimate of drug-likeness (QED) is 0.804. The minimum atomic E-state index is -0.263. The third kappa shape index (κ3) is 1.94. The molecular formula is C7H11IN2OS. The first-order valence-electron chi connectivity index (χ1n) is 3.67. The normalized spacial score (nSPS) is 16.0. The molecule has 3 nitrogen and oxygen atoms in total. The van der Waals surface area contributed by atoms with Crippen molar-refractivity contribution in [2.75, 3.05) is 7.11 Å². The zero-order valence-corrected chi connectivity index (χ0v) is 10.3. The summed E-state index contributed by atoms with van der Waals surface area (Å²) in [6, 6.07) is 0. The molecule has 1 aromatic heterocycles. The lowest BCUT2D eigenvalue weighted by Gasteiger charge is -2.22. The molecule has 0 aliphatic rings. The lowest BCUT2D eigenvalue weighted by Crippen LogP contribution is -2.22. The Balaban J connectivity index is 2.94. The summed E-state index contributed by atoms with van der Waals surface area (Å²) in [7, 11) is 1.71. The molecule has 0 radical (unpaired) electrons. The molecule has 0 aliphatic carbocycles. The van der Waals surface area contributed by atoms with Gasteiger partial charge in [-0.15, -0.1) is 10.2 Å². The second-order valence-corrected chi connectivity index (χ2v) is 5.38. The molecule has 0 fully saturated rings. The van der Waals surface area contributed by atoms with E-state index in [0.29, 0.717) is 0 Å². The van der Waals surface area contributed by atoms with Crippen LogP contribution in [0.2, 0.25) is 0 Å². The molecule has 1 atom stereocenters. The topological polar surface area (TPSA) is 35.0 Å². The minimum absolute atomic E-state index is 0.263. The van der Waals surface area contributed by atoms with Gasteiger partial charge in [0.15, 0.2) is 3.01 Å². The highest BCUT2D eigenvalue weighted by Gasteiger charge is 2.28. The number of methoxy groups -OCH3 is 1. The summed E-state index contributed by atoms with van der Waals surface area (Å²) in [6.45, 7) is 4.11. The lowest BCUT2D eigenvalue weighted by atomic mass is 10.1. The van der Waals surface area contributed by atoms with Gasteiger partial charge >= 0.3 is 0 Å². The van der Waals surface area contributed by atoms with Crippen molar-refractivity contribution in [2.45, 2.75) is 25.9 Å². The SMILES string of the molecule is CCC(C)(OC)c1nnc(I)s1. The van der Waals surface area contributed by atoms with E-state index in [1.807, 2.05) is 6.92 Å². The molecular weight excluding hydrogens is 287 g/mol.